The zero-order valence-corrected chi connectivity index (χ0v) is 16.8. The molecule has 2 N–H and O–H groups in total. The molecule has 0 radical (unpaired) electrons. The molecular formula is C21H22BrN3O2. The molecule has 140 valence electrons. The Morgan fingerprint density at radius 3 is 2.59 bits per heavy atom. The van der Waals surface area contributed by atoms with Gasteiger partial charge in [-0.05, 0) is 54.4 Å². The summed E-state index contributed by atoms with van der Waals surface area (Å²) in [5.74, 6) is 0.659. The number of rotatable bonds is 8. The van der Waals surface area contributed by atoms with E-state index < -0.39 is 0 Å². The Kier molecular flexibility index (Phi) is 6.65. The van der Waals surface area contributed by atoms with Gasteiger partial charge in [0.2, 0.25) is 0 Å². The van der Waals surface area contributed by atoms with Crippen LogP contribution in [0.1, 0.15) is 35.8 Å². The average molecular weight is 428 g/mol. The number of carbonyl (C=O) groups excluding carboxylic acids is 1. The van der Waals surface area contributed by atoms with Gasteiger partial charge in [-0.2, -0.15) is 5.10 Å². The summed E-state index contributed by atoms with van der Waals surface area (Å²) < 4.78 is 6.68. The van der Waals surface area contributed by atoms with Gasteiger partial charge in [0.1, 0.15) is 11.4 Å². The second-order valence-electron chi connectivity index (χ2n) is 6.20. The van der Waals surface area contributed by atoms with Crippen LogP contribution in [0.3, 0.4) is 0 Å². The summed E-state index contributed by atoms with van der Waals surface area (Å²) in [5.41, 5.74) is 3.13. The molecule has 0 aliphatic rings. The van der Waals surface area contributed by atoms with Crippen LogP contribution in [0.4, 0.5) is 0 Å². The average Bonchev–Trinajstić information content (AvgIpc) is 3.18. The number of aromatic nitrogens is 2. The number of amides is 1. The van der Waals surface area contributed by atoms with Gasteiger partial charge in [-0.1, -0.05) is 41.4 Å². The first-order valence-corrected chi connectivity index (χ1v) is 9.76. The highest BCUT2D eigenvalue weighted by Gasteiger charge is 2.11. The molecule has 3 aromatic rings. The minimum atomic E-state index is -0.184. The molecule has 3 rings (SSSR count). The highest BCUT2D eigenvalue weighted by molar-refractivity contribution is 9.10. The number of nitrogens with one attached hydrogen (secondary N) is 2. The minimum Gasteiger partial charge on any atom is -0.494 e. The van der Waals surface area contributed by atoms with Crippen molar-refractivity contribution in [2.24, 2.45) is 0 Å². The summed E-state index contributed by atoms with van der Waals surface area (Å²) in [6, 6.07) is 17.3. The zero-order valence-electron chi connectivity index (χ0n) is 15.2. The lowest BCUT2D eigenvalue weighted by Crippen LogP contribution is -2.23. The van der Waals surface area contributed by atoms with Gasteiger partial charge in [-0.25, -0.2) is 0 Å². The van der Waals surface area contributed by atoms with E-state index in [1.807, 2.05) is 48.5 Å². The van der Waals surface area contributed by atoms with Crippen LogP contribution in [0.2, 0.25) is 0 Å². The fourth-order valence-electron chi connectivity index (χ4n) is 2.52. The predicted octanol–water partition coefficient (Wildman–Crippen LogP) is 4.95. The summed E-state index contributed by atoms with van der Waals surface area (Å²) in [4.78, 5) is 12.3. The third-order valence-electron chi connectivity index (χ3n) is 4.11. The first kappa shape index (κ1) is 19.2. The van der Waals surface area contributed by atoms with E-state index >= 15 is 0 Å². The summed E-state index contributed by atoms with van der Waals surface area (Å²) in [5, 5.41) is 9.94. The molecule has 0 aliphatic heterocycles. The standard InChI is InChI=1S/C21H22BrN3O2/c1-2-3-12-27-18-10-6-16(7-11-18)19-13-20(25-24-19)21(26)23-14-15-4-8-17(22)9-5-15/h4-11,13H,2-3,12,14H2,1H3,(H,23,26)(H,24,25). The Hall–Kier alpha value is -2.60. The van der Waals surface area contributed by atoms with E-state index in [2.05, 4.69) is 38.4 Å². The normalized spacial score (nSPS) is 10.6. The van der Waals surface area contributed by atoms with Crippen LogP contribution in [-0.2, 0) is 6.54 Å². The van der Waals surface area contributed by atoms with Crippen molar-refractivity contribution in [1.29, 1.82) is 0 Å². The Balaban J connectivity index is 1.58. The van der Waals surface area contributed by atoms with E-state index in [4.69, 9.17) is 4.74 Å². The fraction of sp³-hybridized carbons (Fsp3) is 0.238. The minimum absolute atomic E-state index is 0.184. The van der Waals surface area contributed by atoms with Gasteiger partial charge < -0.3 is 10.1 Å². The topological polar surface area (TPSA) is 67.0 Å². The number of hydrogen-bond acceptors (Lipinski definition) is 3. The van der Waals surface area contributed by atoms with Crippen molar-refractivity contribution in [1.82, 2.24) is 15.5 Å². The molecule has 1 amide bonds. The lowest BCUT2D eigenvalue weighted by Gasteiger charge is -2.05. The molecule has 5 nitrogen and oxygen atoms in total. The van der Waals surface area contributed by atoms with Crippen molar-refractivity contribution < 1.29 is 9.53 Å². The quantitative estimate of drug-likeness (QED) is 0.499. The Labute approximate surface area is 167 Å². The van der Waals surface area contributed by atoms with Gasteiger partial charge in [0.25, 0.3) is 5.91 Å². The van der Waals surface area contributed by atoms with Crippen molar-refractivity contribution in [3.8, 4) is 17.0 Å². The first-order valence-electron chi connectivity index (χ1n) is 8.97. The van der Waals surface area contributed by atoms with Crippen LogP contribution < -0.4 is 10.1 Å². The second kappa shape index (κ2) is 9.37. The lowest BCUT2D eigenvalue weighted by molar-refractivity contribution is 0.0946. The van der Waals surface area contributed by atoms with E-state index in [1.165, 1.54) is 0 Å². The maximum atomic E-state index is 12.3. The molecule has 0 saturated carbocycles. The summed E-state index contributed by atoms with van der Waals surface area (Å²) >= 11 is 3.40. The lowest BCUT2D eigenvalue weighted by atomic mass is 10.1. The summed E-state index contributed by atoms with van der Waals surface area (Å²) in [6.07, 6.45) is 2.15. The van der Waals surface area contributed by atoms with Crippen LogP contribution in [0.15, 0.2) is 59.1 Å². The molecule has 6 heteroatoms. The van der Waals surface area contributed by atoms with Crippen LogP contribution >= 0.6 is 15.9 Å². The van der Waals surface area contributed by atoms with Crippen molar-refractivity contribution >= 4 is 21.8 Å². The molecule has 0 saturated heterocycles. The number of halogens is 1. The predicted molar refractivity (Wildman–Crippen MR) is 110 cm³/mol. The molecular weight excluding hydrogens is 406 g/mol. The van der Waals surface area contributed by atoms with Gasteiger partial charge in [0.15, 0.2) is 0 Å². The number of carbonyl (C=O) groups is 1. The van der Waals surface area contributed by atoms with E-state index in [-0.39, 0.29) is 5.91 Å². The highest BCUT2D eigenvalue weighted by atomic mass is 79.9. The van der Waals surface area contributed by atoms with Crippen LogP contribution in [0, 0.1) is 0 Å². The van der Waals surface area contributed by atoms with Gasteiger partial charge >= 0.3 is 0 Å². The zero-order chi connectivity index (χ0) is 19.1. The summed E-state index contributed by atoms with van der Waals surface area (Å²) in [6.45, 7) is 3.32. The third-order valence-corrected chi connectivity index (χ3v) is 4.63. The van der Waals surface area contributed by atoms with E-state index in [1.54, 1.807) is 6.07 Å². The van der Waals surface area contributed by atoms with E-state index in [9.17, 15) is 4.79 Å². The molecule has 0 unspecified atom stereocenters. The van der Waals surface area contributed by atoms with Crippen molar-refractivity contribution in [3.05, 3.63) is 70.3 Å². The van der Waals surface area contributed by atoms with Gasteiger partial charge in [-0.3, -0.25) is 9.89 Å². The van der Waals surface area contributed by atoms with E-state index in [0.717, 1.165) is 46.5 Å². The molecule has 0 atom stereocenters. The van der Waals surface area contributed by atoms with Gasteiger partial charge in [-0.15, -0.1) is 0 Å². The van der Waals surface area contributed by atoms with E-state index in [0.29, 0.717) is 12.2 Å². The molecule has 0 aliphatic carbocycles. The maximum Gasteiger partial charge on any atom is 0.269 e. The maximum absolute atomic E-state index is 12.3. The highest BCUT2D eigenvalue weighted by Crippen LogP contribution is 2.21. The van der Waals surface area contributed by atoms with Crippen LogP contribution in [-0.4, -0.2) is 22.7 Å². The molecule has 0 spiro atoms. The molecule has 1 aromatic heterocycles. The Morgan fingerprint density at radius 1 is 1.15 bits per heavy atom. The fourth-order valence-corrected chi connectivity index (χ4v) is 2.79. The first-order chi connectivity index (χ1) is 13.2. The summed E-state index contributed by atoms with van der Waals surface area (Å²) in [7, 11) is 0. The number of aromatic amines is 1. The largest absolute Gasteiger partial charge is 0.494 e. The van der Waals surface area contributed by atoms with Crippen LogP contribution in [0.25, 0.3) is 11.3 Å². The van der Waals surface area contributed by atoms with Crippen molar-refractivity contribution in [2.75, 3.05) is 6.61 Å². The smallest absolute Gasteiger partial charge is 0.269 e. The van der Waals surface area contributed by atoms with Crippen LogP contribution in [0.5, 0.6) is 5.75 Å². The Morgan fingerprint density at radius 2 is 1.89 bits per heavy atom. The molecule has 0 bridgehead atoms. The molecule has 1 heterocycles. The molecule has 27 heavy (non-hydrogen) atoms. The van der Waals surface area contributed by atoms with Crippen molar-refractivity contribution in [3.63, 3.8) is 0 Å². The van der Waals surface area contributed by atoms with Crippen molar-refractivity contribution in [2.45, 2.75) is 26.3 Å². The van der Waals surface area contributed by atoms with Gasteiger partial charge in [0, 0.05) is 16.6 Å². The molecule has 2 aromatic carbocycles. The number of ether oxygens (including phenoxy) is 1. The third kappa shape index (κ3) is 5.44. The second-order valence-corrected chi connectivity index (χ2v) is 7.12. The number of unbranched alkanes of at least 4 members (excludes halogenated alkanes) is 1. The SMILES string of the molecule is CCCCOc1ccc(-c2cc(C(=O)NCc3ccc(Br)cc3)[nH]n2)cc1. The van der Waals surface area contributed by atoms with Gasteiger partial charge in [0.05, 0.1) is 12.3 Å². The number of H-pyrrole nitrogens is 1. The Bertz CT molecular complexity index is 873. The monoisotopic (exact) mass is 427 g/mol. The number of hydrogen-bond donors (Lipinski definition) is 2. The number of benzene rings is 2. The number of nitrogens with zero attached hydrogens (tertiary/aromatic N) is 1. The molecule has 0 fully saturated rings.